The first-order chi connectivity index (χ1) is 9.67. The molecule has 1 fully saturated rings. The number of thioether (sulfide) groups is 1. The Bertz CT molecular complexity index is 539. The van der Waals surface area contributed by atoms with Crippen molar-refractivity contribution in [2.45, 2.75) is 36.6 Å². The summed E-state index contributed by atoms with van der Waals surface area (Å²) in [5, 5.41) is 18.5. The molecule has 1 N–H and O–H groups in total. The fourth-order valence-corrected chi connectivity index (χ4v) is 3.34. The number of carbonyl (C=O) groups is 1. The summed E-state index contributed by atoms with van der Waals surface area (Å²) in [7, 11) is 0. The third-order valence-corrected chi connectivity index (χ3v) is 4.46. The van der Waals surface area contributed by atoms with Crippen molar-refractivity contribution in [1.82, 2.24) is 0 Å². The second-order valence-corrected chi connectivity index (χ2v) is 5.76. The van der Waals surface area contributed by atoms with Gasteiger partial charge in [0, 0.05) is 17.5 Å². The molecule has 0 radical (unpaired) electrons. The number of hydrogen-bond acceptors (Lipinski definition) is 4. The number of piperidine rings is 1. The summed E-state index contributed by atoms with van der Waals surface area (Å²) in [6.07, 6.45) is 5.06. The standard InChI is InChI=1S/C15H18N2O2S/c1-20-14-7-4-6-13(12(14)10-16)17-8-3-2-5-11(17)9-15(18)19/h4,6-7,11H,2-3,5,8-9H2,1H3,(H,18,19). The zero-order valence-corrected chi connectivity index (χ0v) is 12.3. The minimum absolute atomic E-state index is 0.00884. The van der Waals surface area contributed by atoms with Gasteiger partial charge in [-0.1, -0.05) is 6.07 Å². The van der Waals surface area contributed by atoms with Crippen LogP contribution in [0.1, 0.15) is 31.2 Å². The van der Waals surface area contributed by atoms with Crippen molar-refractivity contribution in [2.24, 2.45) is 0 Å². The predicted molar refractivity (Wildman–Crippen MR) is 80.2 cm³/mol. The lowest BCUT2D eigenvalue weighted by Crippen LogP contribution is -2.41. The van der Waals surface area contributed by atoms with Crippen LogP contribution in [-0.4, -0.2) is 29.9 Å². The van der Waals surface area contributed by atoms with Crippen LogP contribution in [0.5, 0.6) is 0 Å². The lowest BCUT2D eigenvalue weighted by atomic mass is 9.97. The van der Waals surface area contributed by atoms with Crippen molar-refractivity contribution >= 4 is 23.4 Å². The molecule has 4 nitrogen and oxygen atoms in total. The summed E-state index contributed by atoms with van der Waals surface area (Å²) in [6, 6.07) is 8.07. The molecule has 1 aliphatic heterocycles. The number of rotatable bonds is 4. The average molecular weight is 290 g/mol. The van der Waals surface area contributed by atoms with Crippen LogP contribution >= 0.6 is 11.8 Å². The largest absolute Gasteiger partial charge is 0.481 e. The van der Waals surface area contributed by atoms with Crippen molar-refractivity contribution in [1.29, 1.82) is 5.26 Å². The SMILES string of the molecule is CSc1cccc(N2CCCCC2CC(=O)O)c1C#N. The van der Waals surface area contributed by atoms with Crippen LogP contribution in [0.2, 0.25) is 0 Å². The topological polar surface area (TPSA) is 64.3 Å². The Morgan fingerprint density at radius 1 is 1.55 bits per heavy atom. The van der Waals surface area contributed by atoms with Crippen molar-refractivity contribution in [3.63, 3.8) is 0 Å². The van der Waals surface area contributed by atoms with Gasteiger partial charge in [0.1, 0.15) is 6.07 Å². The van der Waals surface area contributed by atoms with Gasteiger partial charge in [-0.2, -0.15) is 5.26 Å². The minimum Gasteiger partial charge on any atom is -0.481 e. The third-order valence-electron chi connectivity index (χ3n) is 3.68. The second-order valence-electron chi connectivity index (χ2n) is 4.91. The Kier molecular flexibility index (Phi) is 4.91. The fourth-order valence-electron chi connectivity index (χ4n) is 2.77. The molecule has 0 spiro atoms. The lowest BCUT2D eigenvalue weighted by molar-refractivity contribution is -0.137. The van der Waals surface area contributed by atoms with Gasteiger partial charge in [-0.25, -0.2) is 0 Å². The maximum absolute atomic E-state index is 11.0. The molecule has 1 atom stereocenters. The number of carboxylic acid groups (broad SMARTS) is 1. The molecule has 0 saturated carbocycles. The molecule has 0 aromatic heterocycles. The highest BCUT2D eigenvalue weighted by Gasteiger charge is 2.27. The number of benzene rings is 1. The van der Waals surface area contributed by atoms with Gasteiger partial charge in [-0.3, -0.25) is 4.79 Å². The summed E-state index contributed by atoms with van der Waals surface area (Å²) in [5.74, 6) is -0.776. The summed E-state index contributed by atoms with van der Waals surface area (Å²) >= 11 is 1.55. The lowest BCUT2D eigenvalue weighted by Gasteiger charge is -2.37. The second kappa shape index (κ2) is 6.67. The number of hydrogen-bond donors (Lipinski definition) is 1. The zero-order chi connectivity index (χ0) is 14.5. The van der Waals surface area contributed by atoms with E-state index in [0.717, 1.165) is 36.4 Å². The van der Waals surface area contributed by atoms with E-state index in [1.54, 1.807) is 11.8 Å². The quantitative estimate of drug-likeness (QED) is 0.863. The molecule has 0 bridgehead atoms. The van der Waals surface area contributed by atoms with Crippen LogP contribution in [0.4, 0.5) is 5.69 Å². The third kappa shape index (κ3) is 3.07. The average Bonchev–Trinajstić information content (AvgIpc) is 2.46. The van der Waals surface area contributed by atoms with E-state index in [0.29, 0.717) is 5.56 Å². The molecule has 1 aromatic rings. The van der Waals surface area contributed by atoms with Gasteiger partial charge in [0.2, 0.25) is 0 Å². The van der Waals surface area contributed by atoms with E-state index in [9.17, 15) is 10.1 Å². The molecular formula is C15H18N2O2S. The van der Waals surface area contributed by atoms with Crippen LogP contribution in [0.15, 0.2) is 23.1 Å². The van der Waals surface area contributed by atoms with Gasteiger partial charge in [0.25, 0.3) is 0 Å². The van der Waals surface area contributed by atoms with E-state index >= 15 is 0 Å². The van der Waals surface area contributed by atoms with Gasteiger partial charge in [0.05, 0.1) is 17.7 Å². The number of nitriles is 1. The molecule has 0 amide bonds. The normalized spacial score (nSPS) is 18.6. The molecular weight excluding hydrogens is 272 g/mol. The molecule has 20 heavy (non-hydrogen) atoms. The van der Waals surface area contributed by atoms with Gasteiger partial charge in [-0.15, -0.1) is 11.8 Å². The highest BCUT2D eigenvalue weighted by molar-refractivity contribution is 7.98. The van der Waals surface area contributed by atoms with E-state index in [-0.39, 0.29) is 12.5 Å². The Labute approximate surface area is 123 Å². The van der Waals surface area contributed by atoms with E-state index in [2.05, 4.69) is 11.0 Å². The minimum atomic E-state index is -0.776. The molecule has 1 unspecified atom stereocenters. The van der Waals surface area contributed by atoms with Crippen molar-refractivity contribution in [3.8, 4) is 6.07 Å². The monoisotopic (exact) mass is 290 g/mol. The summed E-state index contributed by atoms with van der Waals surface area (Å²) < 4.78 is 0. The van der Waals surface area contributed by atoms with Crippen LogP contribution in [0.25, 0.3) is 0 Å². The van der Waals surface area contributed by atoms with Gasteiger partial charge in [0.15, 0.2) is 0 Å². The molecule has 5 heteroatoms. The van der Waals surface area contributed by atoms with Crippen LogP contribution < -0.4 is 4.90 Å². The number of aliphatic carboxylic acids is 1. The predicted octanol–water partition coefficient (Wildman–Crippen LogP) is 3.11. The Balaban J connectivity index is 2.37. The first-order valence-corrected chi connectivity index (χ1v) is 7.95. The maximum atomic E-state index is 11.0. The first kappa shape index (κ1) is 14.7. The number of carboxylic acids is 1. The smallest absolute Gasteiger partial charge is 0.305 e. The summed E-state index contributed by atoms with van der Waals surface area (Å²) in [4.78, 5) is 14.1. The highest BCUT2D eigenvalue weighted by atomic mass is 32.2. The van der Waals surface area contributed by atoms with Crippen LogP contribution in [0, 0.1) is 11.3 Å². The highest BCUT2D eigenvalue weighted by Crippen LogP contribution is 2.33. The molecule has 1 aliphatic rings. The van der Waals surface area contributed by atoms with E-state index in [4.69, 9.17) is 5.11 Å². The van der Waals surface area contributed by atoms with Crippen molar-refractivity contribution in [3.05, 3.63) is 23.8 Å². The number of anilines is 1. The van der Waals surface area contributed by atoms with Gasteiger partial charge >= 0.3 is 5.97 Å². The zero-order valence-electron chi connectivity index (χ0n) is 11.5. The summed E-state index contributed by atoms with van der Waals surface area (Å²) in [5.41, 5.74) is 1.54. The van der Waals surface area contributed by atoms with E-state index < -0.39 is 5.97 Å². The fraction of sp³-hybridized carbons (Fsp3) is 0.467. The first-order valence-electron chi connectivity index (χ1n) is 6.73. The molecule has 1 heterocycles. The Morgan fingerprint density at radius 3 is 3.00 bits per heavy atom. The number of nitrogens with zero attached hydrogens (tertiary/aromatic N) is 2. The Morgan fingerprint density at radius 2 is 2.35 bits per heavy atom. The summed E-state index contributed by atoms with van der Waals surface area (Å²) in [6.45, 7) is 0.824. The molecule has 2 rings (SSSR count). The maximum Gasteiger partial charge on any atom is 0.305 e. The van der Waals surface area contributed by atoms with E-state index in [1.165, 1.54) is 0 Å². The molecule has 1 aromatic carbocycles. The molecule has 0 aliphatic carbocycles. The van der Waals surface area contributed by atoms with Crippen molar-refractivity contribution in [2.75, 3.05) is 17.7 Å². The van der Waals surface area contributed by atoms with Crippen LogP contribution in [-0.2, 0) is 4.79 Å². The van der Waals surface area contributed by atoms with Gasteiger partial charge < -0.3 is 10.0 Å². The van der Waals surface area contributed by atoms with Crippen molar-refractivity contribution < 1.29 is 9.90 Å². The van der Waals surface area contributed by atoms with E-state index in [1.807, 2.05) is 24.5 Å². The molecule has 1 saturated heterocycles. The van der Waals surface area contributed by atoms with Crippen LogP contribution in [0.3, 0.4) is 0 Å². The van der Waals surface area contributed by atoms with Gasteiger partial charge in [-0.05, 0) is 37.7 Å². The molecule has 106 valence electrons. The Hall–Kier alpha value is -1.67.